The Balaban J connectivity index is 2.16. The molecule has 3 N–H and O–H groups in total. The van der Waals surface area contributed by atoms with Crippen LogP contribution in [-0.2, 0) is 11.3 Å². The van der Waals surface area contributed by atoms with E-state index in [2.05, 4.69) is 5.32 Å². The summed E-state index contributed by atoms with van der Waals surface area (Å²) in [7, 11) is 1.59. The van der Waals surface area contributed by atoms with Crippen molar-refractivity contribution in [2.75, 3.05) is 19.0 Å². The van der Waals surface area contributed by atoms with E-state index in [9.17, 15) is 9.59 Å². The monoisotopic (exact) mass is 328 g/mol. The minimum Gasteiger partial charge on any atom is -0.494 e. The van der Waals surface area contributed by atoms with Gasteiger partial charge in [0.15, 0.2) is 0 Å². The lowest BCUT2D eigenvalue weighted by atomic mass is 10.1. The molecule has 2 amide bonds. The molecule has 0 aliphatic heterocycles. The lowest BCUT2D eigenvalue weighted by molar-refractivity contribution is 0.0998. The number of hydrogen-bond acceptors (Lipinski definition) is 4. The maximum absolute atomic E-state index is 12.4. The summed E-state index contributed by atoms with van der Waals surface area (Å²) in [5.41, 5.74) is 7.44. The molecule has 24 heavy (non-hydrogen) atoms. The molecule has 126 valence electrons. The molecule has 0 aliphatic rings. The van der Waals surface area contributed by atoms with Crippen LogP contribution in [0.15, 0.2) is 42.5 Å². The molecule has 0 atom stereocenters. The third kappa shape index (κ3) is 4.33. The lowest BCUT2D eigenvalue weighted by Crippen LogP contribution is -2.14. The molecule has 0 radical (unpaired) electrons. The topological polar surface area (TPSA) is 90.6 Å². The van der Waals surface area contributed by atoms with Crippen molar-refractivity contribution in [1.82, 2.24) is 0 Å². The normalized spacial score (nSPS) is 10.2. The van der Waals surface area contributed by atoms with Gasteiger partial charge in [-0.05, 0) is 49.4 Å². The molecule has 2 rings (SSSR count). The first-order valence-corrected chi connectivity index (χ1v) is 7.51. The largest absolute Gasteiger partial charge is 0.494 e. The molecular formula is C18H20N2O4. The van der Waals surface area contributed by atoms with Gasteiger partial charge in [0.1, 0.15) is 5.75 Å². The van der Waals surface area contributed by atoms with Gasteiger partial charge in [-0.25, -0.2) is 0 Å². The number of carbonyl (C=O) groups excluding carboxylic acids is 2. The fourth-order valence-corrected chi connectivity index (χ4v) is 2.21. The molecule has 0 unspecified atom stereocenters. The van der Waals surface area contributed by atoms with Crippen LogP contribution in [0.1, 0.15) is 33.2 Å². The maximum Gasteiger partial charge on any atom is 0.255 e. The average molecular weight is 328 g/mol. The smallest absolute Gasteiger partial charge is 0.255 e. The van der Waals surface area contributed by atoms with E-state index in [0.29, 0.717) is 35.8 Å². The number of hydrogen-bond donors (Lipinski definition) is 2. The summed E-state index contributed by atoms with van der Waals surface area (Å²) in [5, 5.41) is 2.77. The fourth-order valence-electron chi connectivity index (χ4n) is 2.21. The summed E-state index contributed by atoms with van der Waals surface area (Å²) < 4.78 is 10.7. The van der Waals surface area contributed by atoms with E-state index in [4.69, 9.17) is 15.2 Å². The summed E-state index contributed by atoms with van der Waals surface area (Å²) in [4.78, 5) is 23.4. The van der Waals surface area contributed by atoms with Gasteiger partial charge in [-0.15, -0.1) is 0 Å². The van der Waals surface area contributed by atoms with Crippen LogP contribution < -0.4 is 15.8 Å². The van der Waals surface area contributed by atoms with Crippen LogP contribution in [0.3, 0.4) is 0 Å². The highest BCUT2D eigenvalue weighted by Gasteiger charge is 2.11. The molecule has 0 bridgehead atoms. The molecule has 0 fully saturated rings. The number of amides is 2. The molecule has 2 aromatic rings. The SMILES string of the molecule is CCOc1ccc(C(=O)Nc2ccc(C(N)=O)cc2)cc1COC. The van der Waals surface area contributed by atoms with Crippen LogP contribution in [-0.4, -0.2) is 25.5 Å². The van der Waals surface area contributed by atoms with E-state index < -0.39 is 5.91 Å². The van der Waals surface area contributed by atoms with Crippen LogP contribution in [0, 0.1) is 0 Å². The summed E-state index contributed by atoms with van der Waals surface area (Å²) in [6, 6.07) is 11.6. The zero-order valence-corrected chi connectivity index (χ0v) is 13.7. The van der Waals surface area contributed by atoms with Gasteiger partial charge in [0.05, 0.1) is 13.2 Å². The highest BCUT2D eigenvalue weighted by molar-refractivity contribution is 6.04. The number of nitrogens with one attached hydrogen (secondary N) is 1. The first-order chi connectivity index (χ1) is 11.5. The highest BCUT2D eigenvalue weighted by Crippen LogP contribution is 2.22. The number of methoxy groups -OCH3 is 1. The van der Waals surface area contributed by atoms with Gasteiger partial charge in [-0.1, -0.05) is 0 Å². The lowest BCUT2D eigenvalue weighted by Gasteiger charge is -2.12. The van der Waals surface area contributed by atoms with E-state index in [0.717, 1.165) is 5.56 Å². The molecule has 0 spiro atoms. The maximum atomic E-state index is 12.4. The standard InChI is InChI=1S/C18H20N2O4/c1-3-24-16-9-6-13(10-14(16)11-23-2)18(22)20-15-7-4-12(5-8-15)17(19)21/h4-10H,3,11H2,1-2H3,(H2,19,21)(H,20,22). The number of primary amides is 1. The Labute approximate surface area is 140 Å². The Kier molecular flexibility index (Phi) is 5.92. The molecule has 2 aromatic carbocycles. The van der Waals surface area contributed by atoms with Gasteiger partial charge >= 0.3 is 0 Å². The molecule has 6 nitrogen and oxygen atoms in total. The molecule has 0 saturated carbocycles. The van der Waals surface area contributed by atoms with Gasteiger partial charge in [0, 0.05) is 29.5 Å². The van der Waals surface area contributed by atoms with Crippen molar-refractivity contribution in [2.45, 2.75) is 13.5 Å². The van der Waals surface area contributed by atoms with Crippen LogP contribution >= 0.6 is 0 Å². The van der Waals surface area contributed by atoms with E-state index in [-0.39, 0.29) is 5.91 Å². The van der Waals surface area contributed by atoms with E-state index >= 15 is 0 Å². The van der Waals surface area contributed by atoms with Gasteiger partial charge in [0.25, 0.3) is 5.91 Å². The van der Waals surface area contributed by atoms with Crippen molar-refractivity contribution < 1.29 is 19.1 Å². The summed E-state index contributed by atoms with van der Waals surface area (Å²) in [6.07, 6.45) is 0. The Morgan fingerprint density at radius 3 is 2.33 bits per heavy atom. The summed E-state index contributed by atoms with van der Waals surface area (Å²) >= 11 is 0. The fraction of sp³-hybridized carbons (Fsp3) is 0.222. The van der Waals surface area contributed by atoms with E-state index in [1.54, 1.807) is 49.6 Å². The number of ether oxygens (including phenoxy) is 2. The Hall–Kier alpha value is -2.86. The minimum absolute atomic E-state index is 0.262. The van der Waals surface area contributed by atoms with Gasteiger partial charge in [-0.3, -0.25) is 9.59 Å². The average Bonchev–Trinajstić information content (AvgIpc) is 2.57. The van der Waals surface area contributed by atoms with E-state index in [1.165, 1.54) is 0 Å². The van der Waals surface area contributed by atoms with E-state index in [1.807, 2.05) is 6.92 Å². The molecule has 0 heterocycles. The van der Waals surface area contributed by atoms with Crippen LogP contribution in [0.4, 0.5) is 5.69 Å². The number of nitrogens with two attached hydrogens (primary N) is 1. The molecule has 0 aromatic heterocycles. The molecule has 6 heteroatoms. The number of rotatable bonds is 7. The first kappa shape index (κ1) is 17.5. The Bertz CT molecular complexity index is 726. The highest BCUT2D eigenvalue weighted by atomic mass is 16.5. The van der Waals surface area contributed by atoms with Crippen molar-refractivity contribution >= 4 is 17.5 Å². The second-order valence-electron chi connectivity index (χ2n) is 5.08. The molecule has 0 saturated heterocycles. The first-order valence-electron chi connectivity index (χ1n) is 7.51. The summed E-state index contributed by atoms with van der Waals surface area (Å²) in [5.74, 6) is -0.0764. The van der Waals surface area contributed by atoms with Crippen LogP contribution in [0.2, 0.25) is 0 Å². The third-order valence-corrected chi connectivity index (χ3v) is 3.35. The van der Waals surface area contributed by atoms with Gasteiger partial charge in [-0.2, -0.15) is 0 Å². The van der Waals surface area contributed by atoms with Crippen LogP contribution in [0.5, 0.6) is 5.75 Å². The van der Waals surface area contributed by atoms with Gasteiger partial charge in [0.2, 0.25) is 5.91 Å². The van der Waals surface area contributed by atoms with Crippen molar-refractivity contribution in [2.24, 2.45) is 5.73 Å². The van der Waals surface area contributed by atoms with Crippen molar-refractivity contribution in [3.05, 3.63) is 59.2 Å². The predicted octanol–water partition coefficient (Wildman–Crippen LogP) is 2.58. The zero-order chi connectivity index (χ0) is 17.5. The Morgan fingerprint density at radius 1 is 1.08 bits per heavy atom. The zero-order valence-electron chi connectivity index (χ0n) is 13.7. The van der Waals surface area contributed by atoms with Crippen LogP contribution in [0.25, 0.3) is 0 Å². The quantitative estimate of drug-likeness (QED) is 0.817. The summed E-state index contributed by atoms with van der Waals surface area (Å²) in [6.45, 7) is 2.78. The second kappa shape index (κ2) is 8.12. The third-order valence-electron chi connectivity index (χ3n) is 3.35. The van der Waals surface area contributed by atoms with Crippen molar-refractivity contribution in [3.63, 3.8) is 0 Å². The van der Waals surface area contributed by atoms with Crippen molar-refractivity contribution in [3.8, 4) is 5.75 Å². The minimum atomic E-state index is -0.511. The number of anilines is 1. The second-order valence-corrected chi connectivity index (χ2v) is 5.08. The number of carbonyl (C=O) groups is 2. The number of benzene rings is 2. The molecule has 0 aliphatic carbocycles. The molecular weight excluding hydrogens is 308 g/mol. The Morgan fingerprint density at radius 2 is 1.75 bits per heavy atom. The predicted molar refractivity (Wildman–Crippen MR) is 91.2 cm³/mol. The van der Waals surface area contributed by atoms with Gasteiger partial charge < -0.3 is 20.5 Å². The van der Waals surface area contributed by atoms with Crippen molar-refractivity contribution in [1.29, 1.82) is 0 Å².